The van der Waals surface area contributed by atoms with Crippen molar-refractivity contribution in [2.45, 2.75) is 46.8 Å². The zero-order valence-electron chi connectivity index (χ0n) is 18.6. The fourth-order valence-corrected chi connectivity index (χ4v) is 3.78. The number of hydrogen-bond acceptors (Lipinski definition) is 3. The molecule has 0 fully saturated rings. The van der Waals surface area contributed by atoms with E-state index in [0.29, 0.717) is 13.2 Å². The van der Waals surface area contributed by atoms with Gasteiger partial charge in [0.15, 0.2) is 0 Å². The number of nitrogens with zero attached hydrogens (tertiary/aromatic N) is 2. The Morgan fingerprint density at radius 3 is 2.39 bits per heavy atom. The number of imidazole rings is 1. The molecule has 3 aromatic carbocycles. The lowest BCUT2D eigenvalue weighted by Gasteiger charge is -2.12. The lowest BCUT2D eigenvalue weighted by Crippen LogP contribution is -2.09. The van der Waals surface area contributed by atoms with Crippen molar-refractivity contribution < 1.29 is 9.47 Å². The van der Waals surface area contributed by atoms with Gasteiger partial charge < -0.3 is 14.0 Å². The zero-order chi connectivity index (χ0) is 21.6. The molecule has 160 valence electrons. The summed E-state index contributed by atoms with van der Waals surface area (Å²) >= 11 is 0. The summed E-state index contributed by atoms with van der Waals surface area (Å²) in [4.78, 5) is 4.82. The van der Waals surface area contributed by atoms with E-state index < -0.39 is 0 Å². The Morgan fingerprint density at radius 1 is 0.806 bits per heavy atom. The first-order chi connectivity index (χ1) is 15.1. The maximum atomic E-state index is 6.02. The Balaban J connectivity index is 1.37. The van der Waals surface area contributed by atoms with Crippen LogP contribution in [0, 0.1) is 20.8 Å². The van der Waals surface area contributed by atoms with Gasteiger partial charge in [-0.25, -0.2) is 4.98 Å². The number of aryl methyl sites for hydroxylation is 4. The van der Waals surface area contributed by atoms with Crippen LogP contribution < -0.4 is 9.47 Å². The van der Waals surface area contributed by atoms with E-state index in [1.54, 1.807) is 0 Å². The van der Waals surface area contributed by atoms with Gasteiger partial charge in [0.1, 0.15) is 23.9 Å². The second-order valence-corrected chi connectivity index (χ2v) is 8.09. The summed E-state index contributed by atoms with van der Waals surface area (Å²) in [5.74, 6) is 2.80. The van der Waals surface area contributed by atoms with E-state index in [9.17, 15) is 0 Å². The van der Waals surface area contributed by atoms with E-state index in [4.69, 9.17) is 14.5 Å². The molecule has 31 heavy (non-hydrogen) atoms. The highest BCUT2D eigenvalue weighted by atomic mass is 16.5. The Hall–Kier alpha value is -3.27. The minimum absolute atomic E-state index is 0.455. The monoisotopic (exact) mass is 414 g/mol. The molecule has 0 spiro atoms. The Bertz CT molecular complexity index is 1150. The summed E-state index contributed by atoms with van der Waals surface area (Å²) in [6.07, 6.45) is 2.00. The van der Waals surface area contributed by atoms with Crippen molar-refractivity contribution in [3.63, 3.8) is 0 Å². The van der Waals surface area contributed by atoms with Crippen molar-refractivity contribution in [1.29, 1.82) is 0 Å². The summed E-state index contributed by atoms with van der Waals surface area (Å²) in [5.41, 5.74) is 5.84. The van der Waals surface area contributed by atoms with Crippen LogP contribution in [0.5, 0.6) is 11.5 Å². The third kappa shape index (κ3) is 5.26. The zero-order valence-corrected chi connectivity index (χ0v) is 18.6. The fourth-order valence-electron chi connectivity index (χ4n) is 3.78. The molecule has 0 amide bonds. The SMILES string of the molecule is Cc1ccc(OCc2nc3ccccc3n2CCCCOc2ccc(C)cc2C)cc1. The molecule has 0 N–H and O–H groups in total. The predicted molar refractivity (Wildman–Crippen MR) is 126 cm³/mol. The molecule has 0 unspecified atom stereocenters. The molecule has 1 heterocycles. The number of benzene rings is 3. The summed E-state index contributed by atoms with van der Waals surface area (Å²) in [6.45, 7) is 8.34. The van der Waals surface area contributed by atoms with Crippen LogP contribution >= 0.6 is 0 Å². The van der Waals surface area contributed by atoms with E-state index in [2.05, 4.69) is 73.9 Å². The Labute approximate surface area is 184 Å². The molecular formula is C27H30N2O2. The lowest BCUT2D eigenvalue weighted by atomic mass is 10.1. The number of aromatic nitrogens is 2. The molecule has 0 saturated carbocycles. The van der Waals surface area contributed by atoms with Gasteiger partial charge in [0.25, 0.3) is 0 Å². The third-order valence-corrected chi connectivity index (χ3v) is 5.49. The van der Waals surface area contributed by atoms with E-state index in [1.807, 2.05) is 18.2 Å². The van der Waals surface area contributed by atoms with Crippen molar-refractivity contribution in [2.75, 3.05) is 6.61 Å². The number of para-hydroxylation sites is 2. The molecule has 4 heteroatoms. The van der Waals surface area contributed by atoms with Crippen molar-refractivity contribution in [3.8, 4) is 11.5 Å². The van der Waals surface area contributed by atoms with Crippen molar-refractivity contribution in [1.82, 2.24) is 9.55 Å². The number of fused-ring (bicyclic) bond motifs is 1. The maximum Gasteiger partial charge on any atom is 0.147 e. The van der Waals surface area contributed by atoms with Gasteiger partial charge in [-0.2, -0.15) is 0 Å². The normalized spacial score (nSPS) is 11.1. The second-order valence-electron chi connectivity index (χ2n) is 8.09. The summed E-state index contributed by atoms with van der Waals surface area (Å²) in [7, 11) is 0. The van der Waals surface area contributed by atoms with E-state index in [-0.39, 0.29) is 0 Å². The minimum atomic E-state index is 0.455. The van der Waals surface area contributed by atoms with Gasteiger partial charge in [-0.1, -0.05) is 47.5 Å². The second kappa shape index (κ2) is 9.69. The smallest absolute Gasteiger partial charge is 0.147 e. The minimum Gasteiger partial charge on any atom is -0.493 e. The molecule has 4 nitrogen and oxygen atoms in total. The number of rotatable bonds is 9. The van der Waals surface area contributed by atoms with Gasteiger partial charge in [-0.05, 0) is 69.5 Å². The highest BCUT2D eigenvalue weighted by Crippen LogP contribution is 2.21. The summed E-state index contributed by atoms with van der Waals surface area (Å²) in [6, 6.07) is 22.7. The molecule has 0 bridgehead atoms. The molecule has 0 radical (unpaired) electrons. The molecule has 0 atom stereocenters. The third-order valence-electron chi connectivity index (χ3n) is 5.49. The Kier molecular flexibility index (Phi) is 6.56. The van der Waals surface area contributed by atoms with Gasteiger partial charge in [0.05, 0.1) is 17.6 Å². The van der Waals surface area contributed by atoms with Gasteiger partial charge >= 0.3 is 0 Å². The van der Waals surface area contributed by atoms with Crippen molar-refractivity contribution >= 4 is 11.0 Å². The number of unbranched alkanes of at least 4 members (excludes halogenated alkanes) is 1. The number of hydrogen-bond donors (Lipinski definition) is 0. The largest absolute Gasteiger partial charge is 0.493 e. The summed E-state index contributed by atoms with van der Waals surface area (Å²) < 4.78 is 14.3. The lowest BCUT2D eigenvalue weighted by molar-refractivity contribution is 0.284. The topological polar surface area (TPSA) is 36.3 Å². The number of ether oxygens (including phenoxy) is 2. The highest BCUT2D eigenvalue weighted by Gasteiger charge is 2.11. The first-order valence-corrected chi connectivity index (χ1v) is 10.9. The molecular weight excluding hydrogens is 384 g/mol. The van der Waals surface area contributed by atoms with Crippen LogP contribution in [0.2, 0.25) is 0 Å². The molecule has 0 aliphatic rings. The van der Waals surface area contributed by atoms with Gasteiger partial charge in [0, 0.05) is 6.54 Å². The molecule has 0 aliphatic carbocycles. The molecule has 1 aromatic heterocycles. The average molecular weight is 415 g/mol. The standard InChI is InChI=1S/C27H30N2O2/c1-20-10-13-23(14-11-20)31-19-27-28-24-8-4-5-9-25(24)29(27)16-6-7-17-30-26-15-12-21(2)18-22(26)3/h4-5,8-15,18H,6-7,16-17,19H2,1-3H3. The van der Waals surface area contributed by atoms with Crippen LogP contribution in [0.3, 0.4) is 0 Å². The first-order valence-electron chi connectivity index (χ1n) is 10.9. The first kappa shape index (κ1) is 21.0. The predicted octanol–water partition coefficient (Wildman–Crippen LogP) is 6.40. The van der Waals surface area contributed by atoms with Crippen LogP contribution in [0.4, 0.5) is 0 Å². The summed E-state index contributed by atoms with van der Waals surface area (Å²) in [5, 5.41) is 0. The van der Waals surface area contributed by atoms with Crippen LogP contribution in [-0.2, 0) is 13.2 Å². The molecule has 4 aromatic rings. The Morgan fingerprint density at radius 2 is 1.58 bits per heavy atom. The van der Waals surface area contributed by atoms with Crippen LogP contribution in [0.15, 0.2) is 66.7 Å². The van der Waals surface area contributed by atoms with Gasteiger partial charge in [0.2, 0.25) is 0 Å². The molecule has 4 rings (SSSR count). The molecule has 0 saturated heterocycles. The van der Waals surface area contributed by atoms with Gasteiger partial charge in [-0.3, -0.25) is 0 Å². The quantitative estimate of drug-likeness (QED) is 0.297. The van der Waals surface area contributed by atoms with Crippen LogP contribution in [0.25, 0.3) is 11.0 Å². The van der Waals surface area contributed by atoms with E-state index >= 15 is 0 Å². The van der Waals surface area contributed by atoms with E-state index in [1.165, 1.54) is 16.7 Å². The average Bonchev–Trinajstić information content (AvgIpc) is 3.12. The van der Waals surface area contributed by atoms with Crippen LogP contribution in [-0.4, -0.2) is 16.2 Å². The maximum absolute atomic E-state index is 6.02. The van der Waals surface area contributed by atoms with Crippen LogP contribution in [0.1, 0.15) is 35.4 Å². The fraction of sp³-hybridized carbons (Fsp3) is 0.296. The van der Waals surface area contributed by atoms with E-state index in [0.717, 1.165) is 47.7 Å². The van der Waals surface area contributed by atoms with Gasteiger partial charge in [-0.15, -0.1) is 0 Å². The highest BCUT2D eigenvalue weighted by molar-refractivity contribution is 5.75. The molecule has 0 aliphatic heterocycles. The van der Waals surface area contributed by atoms with Crippen molar-refractivity contribution in [3.05, 3.63) is 89.2 Å². The van der Waals surface area contributed by atoms with Crippen molar-refractivity contribution in [2.24, 2.45) is 0 Å².